The molecule has 5 rings (SSSR count). The van der Waals surface area contributed by atoms with Crippen molar-refractivity contribution in [2.45, 2.75) is 24.5 Å². The Kier molecular flexibility index (Phi) is 4.41. The van der Waals surface area contributed by atoms with Gasteiger partial charge in [-0.05, 0) is 30.7 Å². The largest absolute Gasteiger partial charge is 0.480 e. The van der Waals surface area contributed by atoms with E-state index in [9.17, 15) is 9.90 Å². The molecule has 1 aromatic carbocycles. The monoisotopic (exact) mass is 375 g/mol. The summed E-state index contributed by atoms with van der Waals surface area (Å²) in [5.74, 6) is 1.31. The van der Waals surface area contributed by atoms with Crippen molar-refractivity contribution >= 4 is 5.97 Å². The predicted octanol–water partition coefficient (Wildman–Crippen LogP) is -0.568. The van der Waals surface area contributed by atoms with Crippen molar-refractivity contribution in [3.8, 4) is 11.5 Å². The summed E-state index contributed by atoms with van der Waals surface area (Å²) in [4.78, 5) is 13.8. The SMILES string of the molecule is O=C(O)C1NNCC1CN1CCC2NNC(c3ccc4c(c3)OCO4)C2C1. The minimum absolute atomic E-state index is 0.0744. The van der Waals surface area contributed by atoms with Gasteiger partial charge in [-0.15, -0.1) is 0 Å². The summed E-state index contributed by atoms with van der Waals surface area (Å²) in [5.41, 5.74) is 14.0. The van der Waals surface area contributed by atoms with Gasteiger partial charge in [0.25, 0.3) is 0 Å². The maximum absolute atomic E-state index is 11.4. The number of hydrogen-bond acceptors (Lipinski definition) is 8. The van der Waals surface area contributed by atoms with Crippen molar-refractivity contribution in [1.82, 2.24) is 26.6 Å². The van der Waals surface area contributed by atoms with Crippen molar-refractivity contribution in [2.75, 3.05) is 33.0 Å². The van der Waals surface area contributed by atoms with Crippen LogP contribution in [0, 0.1) is 11.8 Å². The lowest BCUT2D eigenvalue weighted by Crippen LogP contribution is -2.49. The van der Waals surface area contributed by atoms with Crippen LogP contribution in [0.3, 0.4) is 0 Å². The molecule has 0 bridgehead atoms. The Bertz CT molecular complexity index is 732. The molecule has 0 aromatic heterocycles. The summed E-state index contributed by atoms with van der Waals surface area (Å²) in [7, 11) is 0. The van der Waals surface area contributed by atoms with Crippen molar-refractivity contribution < 1.29 is 19.4 Å². The summed E-state index contributed by atoms with van der Waals surface area (Å²) in [6.07, 6.45) is 1.05. The molecular formula is C18H25N5O4. The normalized spacial score (nSPS) is 35.3. The molecule has 4 aliphatic rings. The van der Waals surface area contributed by atoms with Gasteiger partial charge in [-0.1, -0.05) is 6.07 Å². The summed E-state index contributed by atoms with van der Waals surface area (Å²) in [5, 5.41) is 9.37. The summed E-state index contributed by atoms with van der Waals surface area (Å²) < 4.78 is 10.9. The zero-order valence-corrected chi connectivity index (χ0v) is 15.0. The third kappa shape index (κ3) is 3.15. The smallest absolute Gasteiger partial charge is 0.322 e. The maximum Gasteiger partial charge on any atom is 0.322 e. The number of carboxylic acid groups (broad SMARTS) is 1. The first-order valence-electron chi connectivity index (χ1n) is 9.53. The fourth-order valence-corrected chi connectivity index (χ4v) is 4.78. The molecule has 27 heavy (non-hydrogen) atoms. The van der Waals surface area contributed by atoms with Gasteiger partial charge in [-0.25, -0.2) is 10.9 Å². The standard InChI is InChI=1S/C18H25N5O4/c24-18(25)17-11(6-19-21-17)7-23-4-3-13-12(8-23)16(22-20-13)10-1-2-14-15(5-10)27-9-26-14/h1-2,5,11-13,16-17,19-22H,3-4,6-9H2,(H,24,25). The van der Waals surface area contributed by atoms with Crippen LogP contribution in [-0.2, 0) is 4.79 Å². The highest BCUT2D eigenvalue weighted by Gasteiger charge is 2.42. The maximum atomic E-state index is 11.4. The first-order chi connectivity index (χ1) is 13.2. The second-order valence-electron chi connectivity index (χ2n) is 7.80. The van der Waals surface area contributed by atoms with E-state index in [2.05, 4.69) is 38.7 Å². The predicted molar refractivity (Wildman–Crippen MR) is 96.0 cm³/mol. The minimum atomic E-state index is -0.790. The lowest BCUT2D eigenvalue weighted by molar-refractivity contribution is -0.140. The van der Waals surface area contributed by atoms with Gasteiger partial charge in [0, 0.05) is 37.5 Å². The molecule has 0 spiro atoms. The Morgan fingerprint density at radius 2 is 2.11 bits per heavy atom. The van der Waals surface area contributed by atoms with Crippen LogP contribution in [0.1, 0.15) is 18.0 Å². The number of aliphatic carboxylic acids is 1. The highest BCUT2D eigenvalue weighted by atomic mass is 16.7. The van der Waals surface area contributed by atoms with Crippen LogP contribution in [0.5, 0.6) is 11.5 Å². The molecule has 0 radical (unpaired) electrons. The molecule has 5 N–H and O–H groups in total. The van der Waals surface area contributed by atoms with E-state index in [1.54, 1.807) is 0 Å². The van der Waals surface area contributed by atoms with Crippen LogP contribution in [0.4, 0.5) is 0 Å². The molecule has 0 amide bonds. The molecule has 4 aliphatic heterocycles. The fraction of sp³-hybridized carbons (Fsp3) is 0.611. The summed E-state index contributed by atoms with van der Waals surface area (Å²) >= 11 is 0. The zero-order valence-electron chi connectivity index (χ0n) is 15.0. The molecule has 146 valence electrons. The van der Waals surface area contributed by atoms with Crippen LogP contribution in [0.25, 0.3) is 0 Å². The quantitative estimate of drug-likeness (QED) is 0.473. The average Bonchev–Trinajstić information content (AvgIpc) is 3.39. The Morgan fingerprint density at radius 3 is 3.00 bits per heavy atom. The number of piperidine rings is 1. The number of carbonyl (C=O) groups is 1. The van der Waals surface area contributed by atoms with E-state index in [1.165, 1.54) is 5.56 Å². The highest BCUT2D eigenvalue weighted by molar-refractivity contribution is 5.74. The van der Waals surface area contributed by atoms with E-state index in [0.717, 1.165) is 37.6 Å². The zero-order chi connectivity index (χ0) is 18.4. The number of fused-ring (bicyclic) bond motifs is 2. The van der Waals surface area contributed by atoms with E-state index in [1.807, 2.05) is 6.07 Å². The molecule has 4 heterocycles. The third-order valence-electron chi connectivity index (χ3n) is 6.20. The number of carboxylic acids is 1. The Morgan fingerprint density at radius 1 is 1.22 bits per heavy atom. The number of hydrogen-bond donors (Lipinski definition) is 5. The number of ether oxygens (including phenoxy) is 2. The van der Waals surface area contributed by atoms with Gasteiger partial charge in [0.2, 0.25) is 6.79 Å². The number of rotatable bonds is 4. The summed E-state index contributed by atoms with van der Waals surface area (Å²) in [6, 6.07) is 6.23. The molecule has 9 nitrogen and oxygen atoms in total. The van der Waals surface area contributed by atoms with Gasteiger partial charge >= 0.3 is 5.97 Å². The van der Waals surface area contributed by atoms with Crippen LogP contribution < -0.4 is 31.2 Å². The van der Waals surface area contributed by atoms with E-state index < -0.39 is 12.0 Å². The Balaban J connectivity index is 1.28. The van der Waals surface area contributed by atoms with Gasteiger partial charge in [-0.2, -0.15) is 0 Å². The van der Waals surface area contributed by atoms with Crippen molar-refractivity contribution in [3.05, 3.63) is 23.8 Å². The number of nitrogens with zero attached hydrogens (tertiary/aromatic N) is 1. The van der Waals surface area contributed by atoms with Crippen molar-refractivity contribution in [3.63, 3.8) is 0 Å². The lowest BCUT2D eigenvalue weighted by atomic mass is 9.84. The second-order valence-corrected chi connectivity index (χ2v) is 7.80. The Labute approximate surface area is 157 Å². The molecule has 5 unspecified atom stereocenters. The van der Waals surface area contributed by atoms with E-state index >= 15 is 0 Å². The number of nitrogens with one attached hydrogen (secondary N) is 4. The first kappa shape index (κ1) is 17.2. The van der Waals surface area contributed by atoms with Crippen LogP contribution in [0.15, 0.2) is 18.2 Å². The molecule has 3 fully saturated rings. The first-order valence-corrected chi connectivity index (χ1v) is 9.53. The van der Waals surface area contributed by atoms with Crippen LogP contribution in [-0.4, -0.2) is 61.0 Å². The van der Waals surface area contributed by atoms with E-state index in [-0.39, 0.29) is 18.8 Å². The van der Waals surface area contributed by atoms with Crippen LogP contribution in [0.2, 0.25) is 0 Å². The van der Waals surface area contributed by atoms with Crippen molar-refractivity contribution in [2.24, 2.45) is 11.8 Å². The molecule has 0 saturated carbocycles. The van der Waals surface area contributed by atoms with Gasteiger partial charge in [-0.3, -0.25) is 15.6 Å². The second kappa shape index (κ2) is 6.92. The number of likely N-dealkylation sites (tertiary alicyclic amines) is 1. The van der Waals surface area contributed by atoms with E-state index in [4.69, 9.17) is 9.47 Å². The van der Waals surface area contributed by atoms with Crippen molar-refractivity contribution in [1.29, 1.82) is 0 Å². The van der Waals surface area contributed by atoms with Gasteiger partial charge in [0.05, 0.1) is 6.04 Å². The number of benzene rings is 1. The van der Waals surface area contributed by atoms with Crippen LogP contribution >= 0.6 is 0 Å². The summed E-state index contributed by atoms with van der Waals surface area (Å²) in [6.45, 7) is 3.67. The Hall–Kier alpha value is -1.91. The molecular weight excluding hydrogens is 350 g/mol. The lowest BCUT2D eigenvalue weighted by Gasteiger charge is -2.37. The number of hydrazine groups is 2. The molecule has 5 atom stereocenters. The van der Waals surface area contributed by atoms with E-state index in [0.29, 0.717) is 18.5 Å². The third-order valence-corrected chi connectivity index (χ3v) is 6.20. The average molecular weight is 375 g/mol. The highest BCUT2D eigenvalue weighted by Crippen LogP contribution is 2.39. The van der Waals surface area contributed by atoms with Gasteiger partial charge in [0.1, 0.15) is 6.04 Å². The minimum Gasteiger partial charge on any atom is -0.480 e. The molecule has 0 aliphatic carbocycles. The fourth-order valence-electron chi connectivity index (χ4n) is 4.78. The topological polar surface area (TPSA) is 107 Å². The molecule has 1 aromatic rings. The molecule has 9 heteroatoms. The van der Waals surface area contributed by atoms with Gasteiger partial charge in [0.15, 0.2) is 11.5 Å². The van der Waals surface area contributed by atoms with Gasteiger partial charge < -0.3 is 19.5 Å². The molecule has 3 saturated heterocycles.